The summed E-state index contributed by atoms with van der Waals surface area (Å²) in [5.74, 6) is 0.942. The molecule has 0 amide bonds. The van der Waals surface area contributed by atoms with Crippen LogP contribution in [0.2, 0.25) is 0 Å². The Morgan fingerprint density at radius 2 is 2.18 bits per heavy atom. The summed E-state index contributed by atoms with van der Waals surface area (Å²) >= 11 is 0. The van der Waals surface area contributed by atoms with Crippen molar-refractivity contribution in [3.8, 4) is 11.4 Å². The lowest BCUT2D eigenvalue weighted by Gasteiger charge is -2.23. The number of nitrogens with zero attached hydrogens (tertiary/aromatic N) is 5. The zero-order chi connectivity index (χ0) is 11.8. The maximum absolute atomic E-state index is 13.6. The van der Waals surface area contributed by atoms with E-state index in [0.29, 0.717) is 11.4 Å². The number of aromatic nitrogens is 4. The predicted octanol–water partition coefficient (Wildman–Crippen LogP) is 0.925. The summed E-state index contributed by atoms with van der Waals surface area (Å²) in [6, 6.07) is 3.38. The Kier molecular flexibility index (Phi) is 2.36. The van der Waals surface area contributed by atoms with Gasteiger partial charge in [0.05, 0.1) is 12.1 Å². The number of fused-ring (bicyclic) bond motifs is 1. The highest BCUT2D eigenvalue weighted by Crippen LogP contribution is 2.22. The zero-order valence-corrected chi connectivity index (χ0v) is 9.47. The van der Waals surface area contributed by atoms with Crippen LogP contribution in [0.5, 0.6) is 0 Å². The van der Waals surface area contributed by atoms with Crippen molar-refractivity contribution >= 4 is 0 Å². The minimum Gasteiger partial charge on any atom is -0.308 e. The second-order valence-corrected chi connectivity index (χ2v) is 4.17. The second-order valence-electron chi connectivity index (χ2n) is 4.17. The molecule has 0 radical (unpaired) electrons. The fourth-order valence-electron chi connectivity index (χ4n) is 2.03. The van der Waals surface area contributed by atoms with E-state index < -0.39 is 5.95 Å². The van der Waals surface area contributed by atoms with Crippen molar-refractivity contribution in [2.75, 3.05) is 13.6 Å². The monoisotopic (exact) mass is 233 g/mol. The van der Waals surface area contributed by atoms with Gasteiger partial charge in [-0.15, -0.1) is 10.2 Å². The smallest absolute Gasteiger partial charge is 0.223 e. The maximum Gasteiger partial charge on any atom is 0.223 e. The Labute approximate surface area is 97.9 Å². The van der Waals surface area contributed by atoms with Gasteiger partial charge in [0.1, 0.15) is 5.82 Å². The molecule has 0 saturated carbocycles. The lowest BCUT2D eigenvalue weighted by molar-refractivity contribution is 0.265. The van der Waals surface area contributed by atoms with Crippen molar-refractivity contribution in [3.05, 3.63) is 30.1 Å². The van der Waals surface area contributed by atoms with Crippen LogP contribution in [0.3, 0.4) is 0 Å². The fourth-order valence-corrected chi connectivity index (χ4v) is 2.03. The van der Waals surface area contributed by atoms with Gasteiger partial charge in [0.25, 0.3) is 0 Å². The third-order valence-electron chi connectivity index (χ3n) is 2.94. The Bertz CT molecular complexity index is 551. The zero-order valence-electron chi connectivity index (χ0n) is 9.47. The van der Waals surface area contributed by atoms with Gasteiger partial charge in [0, 0.05) is 19.3 Å². The molecule has 1 aliphatic rings. The highest BCUT2D eigenvalue weighted by atomic mass is 19.1. The lowest BCUT2D eigenvalue weighted by Crippen LogP contribution is -2.30. The number of pyridine rings is 1. The first-order valence-corrected chi connectivity index (χ1v) is 5.47. The van der Waals surface area contributed by atoms with Gasteiger partial charge in [0.2, 0.25) is 5.95 Å². The van der Waals surface area contributed by atoms with E-state index in [-0.39, 0.29) is 0 Å². The van der Waals surface area contributed by atoms with Gasteiger partial charge in [-0.05, 0) is 19.2 Å². The van der Waals surface area contributed by atoms with E-state index in [1.54, 1.807) is 12.1 Å². The molecular formula is C11H12FN5. The van der Waals surface area contributed by atoms with Gasteiger partial charge in [-0.1, -0.05) is 0 Å². The molecule has 0 bridgehead atoms. The van der Waals surface area contributed by atoms with Gasteiger partial charge in [-0.2, -0.15) is 4.39 Å². The summed E-state index contributed by atoms with van der Waals surface area (Å²) in [7, 11) is 2.03. The molecule has 0 aliphatic carbocycles. The number of hydrogen-bond donors (Lipinski definition) is 0. The molecule has 17 heavy (non-hydrogen) atoms. The molecule has 0 unspecified atom stereocenters. The first kappa shape index (κ1) is 10.3. The van der Waals surface area contributed by atoms with E-state index in [2.05, 4.69) is 20.1 Å². The summed E-state index contributed by atoms with van der Waals surface area (Å²) in [5.41, 5.74) is 0.413. The number of hydrogen-bond acceptors (Lipinski definition) is 4. The number of halogens is 1. The van der Waals surface area contributed by atoms with Crippen LogP contribution in [0, 0.1) is 5.95 Å². The van der Waals surface area contributed by atoms with Crippen LogP contribution in [0.4, 0.5) is 4.39 Å². The van der Waals surface area contributed by atoms with E-state index in [4.69, 9.17) is 0 Å². The van der Waals surface area contributed by atoms with E-state index in [0.717, 1.165) is 25.5 Å². The van der Waals surface area contributed by atoms with Crippen molar-refractivity contribution < 1.29 is 4.39 Å². The van der Waals surface area contributed by atoms with Crippen LogP contribution in [0.25, 0.3) is 11.4 Å². The van der Waals surface area contributed by atoms with Crippen LogP contribution >= 0.6 is 0 Å². The molecule has 3 heterocycles. The Morgan fingerprint density at radius 1 is 1.29 bits per heavy atom. The maximum atomic E-state index is 13.6. The van der Waals surface area contributed by atoms with Gasteiger partial charge in [0.15, 0.2) is 5.82 Å². The van der Waals surface area contributed by atoms with Crippen molar-refractivity contribution in [1.82, 2.24) is 24.6 Å². The van der Waals surface area contributed by atoms with Crippen LogP contribution in [-0.2, 0) is 13.1 Å². The highest BCUT2D eigenvalue weighted by Gasteiger charge is 2.21. The lowest BCUT2D eigenvalue weighted by atomic mass is 10.2. The third-order valence-corrected chi connectivity index (χ3v) is 2.94. The van der Waals surface area contributed by atoms with E-state index in [1.807, 2.05) is 11.6 Å². The predicted molar refractivity (Wildman–Crippen MR) is 59.5 cm³/mol. The molecule has 1 aliphatic heterocycles. The first-order chi connectivity index (χ1) is 8.25. The summed E-state index contributed by atoms with van der Waals surface area (Å²) in [4.78, 5) is 5.80. The second kappa shape index (κ2) is 3.89. The minimum absolute atomic E-state index is 0.413. The SMILES string of the molecule is CN1CCn2c(nnc2-c2cccnc2F)C1. The normalized spacial score (nSPS) is 15.9. The third kappa shape index (κ3) is 1.70. The van der Waals surface area contributed by atoms with E-state index in [9.17, 15) is 4.39 Å². The molecule has 5 nitrogen and oxygen atoms in total. The number of rotatable bonds is 1. The highest BCUT2D eigenvalue weighted by molar-refractivity contribution is 5.54. The Morgan fingerprint density at radius 3 is 3.00 bits per heavy atom. The summed E-state index contributed by atoms with van der Waals surface area (Å²) < 4.78 is 15.6. The first-order valence-electron chi connectivity index (χ1n) is 5.47. The Hall–Kier alpha value is -1.82. The molecule has 0 spiro atoms. The van der Waals surface area contributed by atoms with Gasteiger partial charge < -0.3 is 4.57 Å². The molecular weight excluding hydrogens is 221 g/mol. The largest absolute Gasteiger partial charge is 0.308 e. The van der Waals surface area contributed by atoms with Crippen molar-refractivity contribution in [1.29, 1.82) is 0 Å². The molecule has 0 fully saturated rings. The molecule has 3 rings (SSSR count). The molecule has 2 aromatic heterocycles. The van der Waals surface area contributed by atoms with Crippen LogP contribution in [0.15, 0.2) is 18.3 Å². The van der Waals surface area contributed by atoms with E-state index >= 15 is 0 Å². The molecule has 0 aromatic carbocycles. The van der Waals surface area contributed by atoms with E-state index in [1.165, 1.54) is 6.20 Å². The average Bonchev–Trinajstić information content (AvgIpc) is 2.72. The average molecular weight is 233 g/mol. The fraction of sp³-hybridized carbons (Fsp3) is 0.364. The Balaban J connectivity index is 2.09. The minimum atomic E-state index is -0.498. The van der Waals surface area contributed by atoms with Crippen LogP contribution in [-0.4, -0.2) is 38.2 Å². The van der Waals surface area contributed by atoms with Gasteiger partial charge in [-0.3, -0.25) is 4.90 Å². The van der Waals surface area contributed by atoms with Crippen LogP contribution in [0.1, 0.15) is 5.82 Å². The number of likely N-dealkylation sites (N-methyl/N-ethyl adjacent to an activating group) is 1. The molecule has 88 valence electrons. The molecule has 0 atom stereocenters. The molecule has 2 aromatic rings. The van der Waals surface area contributed by atoms with Crippen molar-refractivity contribution in [2.24, 2.45) is 0 Å². The molecule has 6 heteroatoms. The standard InChI is InChI=1S/C11H12FN5/c1-16-5-6-17-9(7-16)14-15-11(17)8-3-2-4-13-10(8)12/h2-4H,5-7H2,1H3. The van der Waals surface area contributed by atoms with Crippen LogP contribution < -0.4 is 0 Å². The van der Waals surface area contributed by atoms with Crippen molar-refractivity contribution in [2.45, 2.75) is 13.1 Å². The summed E-state index contributed by atoms with van der Waals surface area (Å²) in [6.07, 6.45) is 1.43. The van der Waals surface area contributed by atoms with Gasteiger partial charge >= 0.3 is 0 Å². The topological polar surface area (TPSA) is 46.8 Å². The molecule has 0 saturated heterocycles. The summed E-state index contributed by atoms with van der Waals surface area (Å²) in [6.45, 7) is 2.44. The quantitative estimate of drug-likeness (QED) is 0.687. The van der Waals surface area contributed by atoms with Crippen molar-refractivity contribution in [3.63, 3.8) is 0 Å². The molecule has 0 N–H and O–H groups in total. The summed E-state index contributed by atoms with van der Waals surface area (Å²) in [5, 5.41) is 8.17. The van der Waals surface area contributed by atoms with Gasteiger partial charge in [-0.25, -0.2) is 4.98 Å².